The number of hydrogen-bond acceptors (Lipinski definition) is 4. The molecule has 0 unspecified atom stereocenters. The molecule has 21 heavy (non-hydrogen) atoms. The highest BCUT2D eigenvalue weighted by Crippen LogP contribution is 2.15. The van der Waals surface area contributed by atoms with E-state index < -0.39 is 0 Å². The average Bonchev–Trinajstić information content (AvgIpc) is 2.41. The second-order valence-electron chi connectivity index (χ2n) is 6.02. The van der Waals surface area contributed by atoms with Gasteiger partial charge in [-0.3, -0.25) is 4.79 Å². The van der Waals surface area contributed by atoms with Crippen LogP contribution in [0.3, 0.4) is 0 Å². The van der Waals surface area contributed by atoms with Gasteiger partial charge < -0.3 is 10.2 Å². The molecule has 0 saturated heterocycles. The van der Waals surface area contributed by atoms with E-state index in [1.807, 2.05) is 19.0 Å². The first kappa shape index (κ1) is 18.0. The Bertz CT molecular complexity index is 485. The van der Waals surface area contributed by atoms with Crippen LogP contribution in [0.1, 0.15) is 33.1 Å². The minimum absolute atomic E-state index is 0.229. The smallest absolute Gasteiger partial charge is 0.287 e. The van der Waals surface area contributed by atoms with Gasteiger partial charge in [-0.25, -0.2) is 4.68 Å². The summed E-state index contributed by atoms with van der Waals surface area (Å²) in [4.78, 5) is 14.1. The average molecular weight is 315 g/mol. The number of rotatable bonds is 9. The van der Waals surface area contributed by atoms with E-state index in [1.165, 1.54) is 17.5 Å². The molecule has 6 heteroatoms. The third-order valence-electron chi connectivity index (χ3n) is 3.27. The molecule has 0 aliphatic carbocycles. The largest absolute Gasteiger partial charge is 0.382 e. The molecule has 1 rings (SSSR count). The fourth-order valence-corrected chi connectivity index (χ4v) is 2.16. The van der Waals surface area contributed by atoms with E-state index in [9.17, 15) is 4.79 Å². The lowest BCUT2D eigenvalue weighted by Gasteiger charge is -2.12. The highest BCUT2D eigenvalue weighted by molar-refractivity contribution is 6.32. The number of likely N-dealkylation sites (N-methyl/N-ethyl adjacent to an activating group) is 1. The topological polar surface area (TPSA) is 50.2 Å². The normalized spacial score (nSPS) is 11.4. The van der Waals surface area contributed by atoms with Gasteiger partial charge in [-0.1, -0.05) is 38.3 Å². The second kappa shape index (κ2) is 9.05. The number of aromatic nitrogens is 2. The van der Waals surface area contributed by atoms with Crippen molar-refractivity contribution in [1.29, 1.82) is 0 Å². The quantitative estimate of drug-likeness (QED) is 0.712. The lowest BCUT2D eigenvalue weighted by Crippen LogP contribution is -2.29. The molecule has 1 aromatic heterocycles. The number of halogens is 1. The van der Waals surface area contributed by atoms with Gasteiger partial charge in [0.25, 0.3) is 5.56 Å². The summed E-state index contributed by atoms with van der Waals surface area (Å²) in [5.74, 6) is 0.732. The van der Waals surface area contributed by atoms with Crippen LogP contribution >= 0.6 is 11.6 Å². The van der Waals surface area contributed by atoms with E-state index in [1.54, 1.807) is 6.20 Å². The zero-order valence-electron chi connectivity index (χ0n) is 13.5. The summed E-state index contributed by atoms with van der Waals surface area (Å²) in [5.41, 5.74) is 0.401. The molecule has 0 aromatic carbocycles. The molecule has 0 fully saturated rings. The molecule has 0 atom stereocenters. The molecule has 0 radical (unpaired) electrons. The standard InChI is InChI=1S/C15H27ClN4O/c1-12(2)7-5-6-8-17-13-11-18-20(10-9-19(3)4)15(21)14(13)16/h11-12,17H,5-10H2,1-4H3. The van der Waals surface area contributed by atoms with E-state index in [-0.39, 0.29) is 10.6 Å². The van der Waals surface area contributed by atoms with Crippen LogP contribution in [-0.4, -0.2) is 41.9 Å². The molecule has 0 amide bonds. The van der Waals surface area contributed by atoms with Gasteiger partial charge in [0.05, 0.1) is 18.4 Å². The van der Waals surface area contributed by atoms with Gasteiger partial charge in [0.2, 0.25) is 0 Å². The SMILES string of the molecule is CC(C)CCCCNc1cnn(CCN(C)C)c(=O)c1Cl. The fourth-order valence-electron chi connectivity index (χ4n) is 1.94. The van der Waals surface area contributed by atoms with Crippen molar-refractivity contribution in [3.63, 3.8) is 0 Å². The van der Waals surface area contributed by atoms with Crippen LogP contribution in [0.25, 0.3) is 0 Å². The van der Waals surface area contributed by atoms with Crippen molar-refractivity contribution in [3.8, 4) is 0 Å². The number of unbranched alkanes of at least 4 members (excludes halogenated alkanes) is 1. The van der Waals surface area contributed by atoms with Crippen molar-refractivity contribution >= 4 is 17.3 Å². The molecule has 1 N–H and O–H groups in total. The Hall–Kier alpha value is -1.07. The van der Waals surface area contributed by atoms with Gasteiger partial charge in [0.1, 0.15) is 5.02 Å². The first-order chi connectivity index (χ1) is 9.91. The zero-order valence-corrected chi connectivity index (χ0v) is 14.3. The van der Waals surface area contributed by atoms with E-state index in [2.05, 4.69) is 24.3 Å². The maximum atomic E-state index is 12.1. The van der Waals surface area contributed by atoms with Crippen LogP contribution < -0.4 is 10.9 Å². The van der Waals surface area contributed by atoms with Crippen molar-refractivity contribution in [2.75, 3.05) is 32.5 Å². The molecule has 120 valence electrons. The molecule has 0 saturated carbocycles. The highest BCUT2D eigenvalue weighted by atomic mass is 35.5. The first-order valence-corrected chi connectivity index (χ1v) is 7.93. The molecular weight excluding hydrogens is 288 g/mol. The molecule has 1 aromatic rings. The minimum atomic E-state index is -0.231. The Balaban J connectivity index is 2.53. The second-order valence-corrected chi connectivity index (χ2v) is 6.40. The van der Waals surface area contributed by atoms with Gasteiger partial charge in [-0.15, -0.1) is 0 Å². The Labute approximate surface area is 132 Å². The van der Waals surface area contributed by atoms with Gasteiger partial charge in [0, 0.05) is 13.1 Å². The third kappa shape index (κ3) is 6.48. The molecule has 0 spiro atoms. The molecule has 0 aliphatic rings. The minimum Gasteiger partial charge on any atom is -0.382 e. The Morgan fingerprint density at radius 3 is 2.71 bits per heavy atom. The van der Waals surface area contributed by atoms with Crippen molar-refractivity contribution in [3.05, 3.63) is 21.6 Å². The number of anilines is 1. The summed E-state index contributed by atoms with van der Waals surface area (Å²) in [7, 11) is 3.92. The van der Waals surface area contributed by atoms with Crippen LogP contribution in [0.5, 0.6) is 0 Å². The number of hydrogen-bond donors (Lipinski definition) is 1. The van der Waals surface area contributed by atoms with Crippen LogP contribution in [0, 0.1) is 5.92 Å². The summed E-state index contributed by atoms with van der Waals surface area (Å²) in [6.07, 6.45) is 5.11. The monoisotopic (exact) mass is 314 g/mol. The van der Waals surface area contributed by atoms with Crippen LogP contribution in [-0.2, 0) is 6.54 Å². The first-order valence-electron chi connectivity index (χ1n) is 7.56. The summed E-state index contributed by atoms with van der Waals surface area (Å²) in [6.45, 7) is 6.56. The van der Waals surface area contributed by atoms with Crippen LogP contribution in [0.2, 0.25) is 5.02 Å². The van der Waals surface area contributed by atoms with Crippen LogP contribution in [0.15, 0.2) is 11.0 Å². The molecule has 0 bridgehead atoms. The van der Waals surface area contributed by atoms with E-state index in [0.717, 1.165) is 25.4 Å². The number of nitrogens with zero attached hydrogens (tertiary/aromatic N) is 3. The van der Waals surface area contributed by atoms with E-state index in [0.29, 0.717) is 12.2 Å². The molecule has 1 heterocycles. The summed E-state index contributed by atoms with van der Waals surface area (Å²) in [5, 5.41) is 7.60. The van der Waals surface area contributed by atoms with Gasteiger partial charge in [0.15, 0.2) is 0 Å². The van der Waals surface area contributed by atoms with Gasteiger partial charge in [-0.05, 0) is 26.4 Å². The molecule has 5 nitrogen and oxygen atoms in total. The van der Waals surface area contributed by atoms with Gasteiger partial charge >= 0.3 is 0 Å². The van der Waals surface area contributed by atoms with Crippen molar-refractivity contribution in [2.24, 2.45) is 5.92 Å². The summed E-state index contributed by atoms with van der Waals surface area (Å²) < 4.78 is 1.41. The maximum absolute atomic E-state index is 12.1. The third-order valence-corrected chi connectivity index (χ3v) is 3.63. The summed E-state index contributed by atoms with van der Waals surface area (Å²) in [6, 6.07) is 0. The fraction of sp³-hybridized carbons (Fsp3) is 0.733. The van der Waals surface area contributed by atoms with Crippen molar-refractivity contribution < 1.29 is 0 Å². The molecular formula is C15H27ClN4O. The summed E-state index contributed by atoms with van der Waals surface area (Å²) >= 11 is 6.13. The predicted molar refractivity (Wildman–Crippen MR) is 89.2 cm³/mol. The lowest BCUT2D eigenvalue weighted by atomic mass is 10.1. The maximum Gasteiger partial charge on any atom is 0.287 e. The van der Waals surface area contributed by atoms with Crippen molar-refractivity contribution in [1.82, 2.24) is 14.7 Å². The Morgan fingerprint density at radius 2 is 2.10 bits per heavy atom. The zero-order chi connectivity index (χ0) is 15.8. The van der Waals surface area contributed by atoms with Gasteiger partial charge in [-0.2, -0.15) is 5.10 Å². The Kier molecular flexibility index (Phi) is 7.75. The van der Waals surface area contributed by atoms with Crippen LogP contribution in [0.4, 0.5) is 5.69 Å². The Morgan fingerprint density at radius 1 is 1.38 bits per heavy atom. The lowest BCUT2D eigenvalue weighted by molar-refractivity contribution is 0.367. The number of nitrogens with one attached hydrogen (secondary N) is 1. The van der Waals surface area contributed by atoms with E-state index >= 15 is 0 Å². The highest BCUT2D eigenvalue weighted by Gasteiger charge is 2.09. The van der Waals surface area contributed by atoms with Crippen molar-refractivity contribution in [2.45, 2.75) is 39.7 Å². The van der Waals surface area contributed by atoms with E-state index in [4.69, 9.17) is 11.6 Å². The molecule has 0 aliphatic heterocycles. The predicted octanol–water partition coefficient (Wildman–Crippen LogP) is 2.70.